The number of fused-ring (bicyclic) bond motifs is 3. The summed E-state index contributed by atoms with van der Waals surface area (Å²) in [5.41, 5.74) is 4.36. The van der Waals surface area contributed by atoms with E-state index < -0.39 is 0 Å². The maximum atomic E-state index is 12.5. The molecule has 5 aromatic rings. The number of carbonyl (C=O) groups excluding carboxylic acids is 1. The van der Waals surface area contributed by atoms with E-state index in [1.54, 1.807) is 24.6 Å². The number of nitrogens with zero attached hydrogens (tertiary/aromatic N) is 3. The molecular weight excluding hydrogens is 396 g/mol. The molecule has 3 aromatic heterocycles. The van der Waals surface area contributed by atoms with Gasteiger partial charge in [-0.3, -0.25) is 14.2 Å². The van der Waals surface area contributed by atoms with Gasteiger partial charge in [-0.1, -0.05) is 29.5 Å². The number of methoxy groups -OCH3 is 1. The van der Waals surface area contributed by atoms with Crippen LogP contribution in [-0.2, 0) is 6.54 Å². The van der Waals surface area contributed by atoms with Crippen LogP contribution in [0.15, 0.2) is 73.1 Å². The molecule has 0 aliphatic heterocycles. The van der Waals surface area contributed by atoms with E-state index in [9.17, 15) is 4.79 Å². The summed E-state index contributed by atoms with van der Waals surface area (Å²) in [6.07, 6.45) is 3.73. The minimum atomic E-state index is -0.120. The highest BCUT2D eigenvalue weighted by atomic mass is 32.1. The molecule has 2 aromatic carbocycles. The van der Waals surface area contributed by atoms with Crippen LogP contribution in [0.3, 0.4) is 0 Å². The number of rotatable bonds is 5. The van der Waals surface area contributed by atoms with E-state index in [2.05, 4.69) is 14.7 Å². The number of aromatic nitrogens is 3. The average molecular weight is 414 g/mol. The van der Waals surface area contributed by atoms with Crippen molar-refractivity contribution in [2.45, 2.75) is 6.54 Å². The highest BCUT2D eigenvalue weighted by molar-refractivity contribution is 7.23. The van der Waals surface area contributed by atoms with Crippen molar-refractivity contribution in [2.24, 2.45) is 0 Å². The lowest BCUT2D eigenvalue weighted by molar-refractivity contribution is 0.0950. The maximum absolute atomic E-state index is 12.5. The van der Waals surface area contributed by atoms with Crippen LogP contribution in [0.25, 0.3) is 26.4 Å². The lowest BCUT2D eigenvalue weighted by atomic mass is 10.1. The van der Waals surface area contributed by atoms with Gasteiger partial charge in [0.15, 0.2) is 4.96 Å². The van der Waals surface area contributed by atoms with Gasteiger partial charge < -0.3 is 10.1 Å². The van der Waals surface area contributed by atoms with Gasteiger partial charge >= 0.3 is 0 Å². The van der Waals surface area contributed by atoms with Gasteiger partial charge in [0.05, 0.1) is 35.3 Å². The molecule has 1 N–H and O–H groups in total. The molecule has 6 nitrogen and oxygen atoms in total. The highest BCUT2D eigenvalue weighted by Crippen LogP contribution is 2.31. The molecule has 0 radical (unpaired) electrons. The van der Waals surface area contributed by atoms with Crippen molar-refractivity contribution < 1.29 is 9.53 Å². The second-order valence-electron chi connectivity index (χ2n) is 6.80. The third kappa shape index (κ3) is 3.40. The number of thiazole rings is 1. The summed E-state index contributed by atoms with van der Waals surface area (Å²) in [5.74, 6) is 0.681. The van der Waals surface area contributed by atoms with Crippen LogP contribution in [-0.4, -0.2) is 27.4 Å². The van der Waals surface area contributed by atoms with Crippen molar-refractivity contribution in [2.75, 3.05) is 7.11 Å². The molecule has 0 atom stereocenters. The summed E-state index contributed by atoms with van der Waals surface area (Å²) in [7, 11) is 1.66. The summed E-state index contributed by atoms with van der Waals surface area (Å²) in [4.78, 5) is 22.4. The Labute approximate surface area is 176 Å². The predicted octanol–water partition coefficient (Wildman–Crippen LogP) is 4.55. The molecule has 0 aliphatic rings. The van der Waals surface area contributed by atoms with Crippen molar-refractivity contribution >= 4 is 32.4 Å². The number of benzene rings is 2. The van der Waals surface area contributed by atoms with Gasteiger partial charge in [0, 0.05) is 23.5 Å². The third-order valence-electron chi connectivity index (χ3n) is 4.88. The Balaban J connectivity index is 1.42. The largest absolute Gasteiger partial charge is 0.497 e. The van der Waals surface area contributed by atoms with Crippen molar-refractivity contribution in [1.82, 2.24) is 19.7 Å². The SMILES string of the molecule is COc1cccc(-c2cn3c(n2)sc2cc(C(=O)NCc4ccccn4)ccc23)c1. The number of imidazole rings is 1. The van der Waals surface area contributed by atoms with Crippen molar-refractivity contribution in [3.05, 3.63) is 84.3 Å². The number of hydrogen-bond acceptors (Lipinski definition) is 5. The Hall–Kier alpha value is -3.71. The van der Waals surface area contributed by atoms with E-state index in [1.165, 1.54) is 0 Å². The molecular formula is C23H18N4O2S. The van der Waals surface area contributed by atoms with E-state index >= 15 is 0 Å². The number of carbonyl (C=O) groups is 1. The number of nitrogens with one attached hydrogen (secondary N) is 1. The van der Waals surface area contributed by atoms with Crippen LogP contribution in [0.4, 0.5) is 0 Å². The third-order valence-corrected chi connectivity index (χ3v) is 5.90. The number of amides is 1. The summed E-state index contributed by atoms with van der Waals surface area (Å²) in [5, 5.41) is 2.92. The zero-order chi connectivity index (χ0) is 20.5. The predicted molar refractivity (Wildman–Crippen MR) is 118 cm³/mol. The molecule has 0 aliphatic carbocycles. The zero-order valence-corrected chi connectivity index (χ0v) is 17.0. The van der Waals surface area contributed by atoms with Crippen molar-refractivity contribution in [3.63, 3.8) is 0 Å². The minimum Gasteiger partial charge on any atom is -0.497 e. The zero-order valence-electron chi connectivity index (χ0n) is 16.2. The molecule has 0 fully saturated rings. The highest BCUT2D eigenvalue weighted by Gasteiger charge is 2.13. The van der Waals surface area contributed by atoms with Gasteiger partial charge in [0.25, 0.3) is 5.91 Å². The summed E-state index contributed by atoms with van der Waals surface area (Å²) < 4.78 is 8.39. The summed E-state index contributed by atoms with van der Waals surface area (Å²) in [6, 6.07) is 19.2. The summed E-state index contributed by atoms with van der Waals surface area (Å²) >= 11 is 1.56. The van der Waals surface area contributed by atoms with Crippen LogP contribution in [0.2, 0.25) is 0 Å². The topological polar surface area (TPSA) is 68.5 Å². The Morgan fingerprint density at radius 3 is 2.90 bits per heavy atom. The average Bonchev–Trinajstić information content (AvgIpc) is 3.36. The Bertz CT molecular complexity index is 1360. The fraction of sp³-hybridized carbons (Fsp3) is 0.0870. The fourth-order valence-electron chi connectivity index (χ4n) is 3.34. The van der Waals surface area contributed by atoms with Crippen molar-refractivity contribution in [1.29, 1.82) is 0 Å². The first-order valence-corrected chi connectivity index (χ1v) is 10.3. The van der Waals surface area contributed by atoms with E-state index in [4.69, 9.17) is 9.72 Å². The molecule has 7 heteroatoms. The fourth-order valence-corrected chi connectivity index (χ4v) is 4.39. The second kappa shape index (κ2) is 7.61. The second-order valence-corrected chi connectivity index (χ2v) is 7.81. The van der Waals surface area contributed by atoms with E-state index in [-0.39, 0.29) is 5.91 Å². The van der Waals surface area contributed by atoms with Gasteiger partial charge in [-0.15, -0.1) is 0 Å². The van der Waals surface area contributed by atoms with Crippen LogP contribution < -0.4 is 10.1 Å². The molecule has 0 unspecified atom stereocenters. The molecule has 0 saturated heterocycles. The van der Waals surface area contributed by atoms with Gasteiger partial charge in [-0.05, 0) is 42.5 Å². The number of ether oxygens (including phenoxy) is 1. The number of hydrogen-bond donors (Lipinski definition) is 1. The monoisotopic (exact) mass is 414 g/mol. The Kier molecular flexibility index (Phi) is 4.65. The molecule has 3 heterocycles. The number of pyridine rings is 1. The Morgan fingerprint density at radius 2 is 2.07 bits per heavy atom. The quantitative estimate of drug-likeness (QED) is 0.458. The molecule has 0 spiro atoms. The lowest BCUT2D eigenvalue weighted by Gasteiger charge is -2.05. The summed E-state index contributed by atoms with van der Waals surface area (Å²) in [6.45, 7) is 0.398. The van der Waals surface area contributed by atoms with E-state index in [1.807, 2.05) is 66.9 Å². The molecule has 0 bridgehead atoms. The van der Waals surface area contributed by atoms with Crippen LogP contribution in [0.1, 0.15) is 16.1 Å². The van der Waals surface area contributed by atoms with Crippen LogP contribution in [0.5, 0.6) is 5.75 Å². The normalized spacial score (nSPS) is 11.1. The molecule has 0 saturated carbocycles. The van der Waals surface area contributed by atoms with Gasteiger partial charge in [-0.2, -0.15) is 0 Å². The minimum absolute atomic E-state index is 0.120. The van der Waals surface area contributed by atoms with Crippen molar-refractivity contribution in [3.8, 4) is 17.0 Å². The first kappa shape index (κ1) is 18.3. The van der Waals surface area contributed by atoms with Gasteiger partial charge in [-0.25, -0.2) is 4.98 Å². The first-order valence-electron chi connectivity index (χ1n) is 9.45. The lowest BCUT2D eigenvalue weighted by Crippen LogP contribution is -2.23. The van der Waals surface area contributed by atoms with Gasteiger partial charge in [0.2, 0.25) is 0 Å². The standard InChI is InChI=1S/C23H18N4O2S/c1-29-18-7-4-5-15(11-18)19-14-27-20-9-8-16(12-21(20)30-23(27)26-19)22(28)25-13-17-6-2-3-10-24-17/h2-12,14H,13H2,1H3,(H,25,28). The molecule has 5 rings (SSSR count). The molecule has 30 heavy (non-hydrogen) atoms. The van der Waals surface area contributed by atoms with E-state index in [0.717, 1.165) is 37.9 Å². The van der Waals surface area contributed by atoms with Gasteiger partial charge in [0.1, 0.15) is 5.75 Å². The maximum Gasteiger partial charge on any atom is 0.251 e. The van der Waals surface area contributed by atoms with E-state index in [0.29, 0.717) is 12.1 Å². The Morgan fingerprint density at radius 1 is 1.13 bits per heavy atom. The first-order chi connectivity index (χ1) is 14.7. The molecule has 1 amide bonds. The van der Waals surface area contributed by atoms with Crippen LogP contribution in [0, 0.1) is 0 Å². The smallest absolute Gasteiger partial charge is 0.251 e. The van der Waals surface area contributed by atoms with Crippen LogP contribution >= 0.6 is 11.3 Å². The molecule has 148 valence electrons.